The number of ketones is 2. The van der Waals surface area contributed by atoms with Gasteiger partial charge in [-0.2, -0.15) is 0 Å². The molecule has 2 aliphatic carbocycles. The van der Waals surface area contributed by atoms with Gasteiger partial charge in [0.05, 0.1) is 22.3 Å². The van der Waals surface area contributed by atoms with Gasteiger partial charge in [0.2, 0.25) is 11.8 Å². The monoisotopic (exact) mass is 1860 g/mol. The normalized spacial score (nSPS) is 14.0. The second kappa shape index (κ2) is 40.6. The Morgan fingerprint density at radius 3 is 0.843 bits per heavy atom. The van der Waals surface area contributed by atoms with E-state index >= 15 is 28.8 Å². The van der Waals surface area contributed by atoms with Gasteiger partial charge in [0.25, 0.3) is 23.6 Å². The number of ether oxygens (including phenoxy) is 10. The number of nitrogens with one attached hydrogen (secondary N) is 2. The van der Waals surface area contributed by atoms with E-state index in [0.29, 0.717) is 105 Å². The van der Waals surface area contributed by atoms with Crippen molar-refractivity contribution < 1.29 is 95.3 Å². The smallest absolute Gasteiger partial charge is 0.330 e. The Bertz CT molecular complexity index is 6660. The van der Waals surface area contributed by atoms with Crippen LogP contribution >= 0.6 is 0 Å². The molecule has 0 bridgehead atoms. The number of benzene rings is 15. The molecule has 2 saturated carbocycles. The summed E-state index contributed by atoms with van der Waals surface area (Å²) >= 11 is 0. The second-order valence-electron chi connectivity index (χ2n) is 34.6. The maximum absolute atomic E-state index is 17.1. The van der Waals surface area contributed by atoms with E-state index in [0.717, 1.165) is 60.5 Å². The highest BCUT2D eigenvalue weighted by atomic mass is 16.6. The van der Waals surface area contributed by atoms with Crippen molar-refractivity contribution in [1.29, 1.82) is 0 Å². The van der Waals surface area contributed by atoms with Crippen LogP contribution in [0.5, 0.6) is 92.0 Å². The predicted molar refractivity (Wildman–Crippen MR) is 530 cm³/mol. The summed E-state index contributed by atoms with van der Waals surface area (Å²) in [5.74, 6) is -3.63. The van der Waals surface area contributed by atoms with Crippen molar-refractivity contribution in [1.82, 2.24) is 9.80 Å². The first kappa shape index (κ1) is 91.6. The Morgan fingerprint density at radius 2 is 0.557 bits per heavy atom. The molecule has 6 amide bonds. The van der Waals surface area contributed by atoms with Crippen molar-refractivity contribution in [2.45, 2.75) is 114 Å². The minimum atomic E-state index is -1.60. The first-order valence-corrected chi connectivity index (χ1v) is 46.2. The Hall–Kier alpha value is -17.5. The van der Waals surface area contributed by atoms with E-state index in [1.54, 1.807) is 243 Å². The van der Waals surface area contributed by atoms with Gasteiger partial charge in [-0.3, -0.25) is 48.2 Å². The maximum Gasteiger partial charge on any atom is 0.330 e. The molecule has 0 radical (unpaired) electrons. The fraction of sp³-hybridized carbons (Fsp3) is 0.155. The molecular weight excluding hydrogens is 1770 g/mol. The molecule has 696 valence electrons. The van der Waals surface area contributed by atoms with Crippen molar-refractivity contribution >= 4 is 113 Å². The number of carbonyl (C=O) groups excluding carboxylic acids is 10. The van der Waals surface area contributed by atoms with Crippen molar-refractivity contribution in [3.05, 3.63) is 374 Å². The lowest BCUT2D eigenvalue weighted by Gasteiger charge is -2.36. The number of esters is 2. The number of nitrogens with zero attached hydrogens (tertiary/aromatic N) is 2. The third-order valence-electron chi connectivity index (χ3n) is 25.1. The summed E-state index contributed by atoms with van der Waals surface area (Å²) in [6.45, 7) is 14.5. The second-order valence-corrected chi connectivity index (χ2v) is 34.6. The molecule has 2 heterocycles. The fourth-order valence-corrected chi connectivity index (χ4v) is 18.5. The van der Waals surface area contributed by atoms with E-state index in [1.165, 1.54) is 36.4 Å². The number of carbonyl (C=O) groups is 10. The van der Waals surface area contributed by atoms with E-state index in [1.807, 2.05) is 12.1 Å². The van der Waals surface area contributed by atoms with Gasteiger partial charge < -0.3 is 58.0 Å². The van der Waals surface area contributed by atoms with Crippen LogP contribution in [0.15, 0.2) is 330 Å². The van der Waals surface area contributed by atoms with Crippen LogP contribution in [0, 0.1) is 0 Å². The number of imide groups is 2. The van der Waals surface area contributed by atoms with Gasteiger partial charge in [-0.25, -0.2) is 9.59 Å². The van der Waals surface area contributed by atoms with Gasteiger partial charge in [0, 0.05) is 92.3 Å². The molecule has 0 aromatic heterocycles. The standard InChI is InChI=1S/C116H92N4O20/c1-5-75(121)57-71-29-21-37-87(59-71)131-79-41-49-83(50-42-79)135-97-65-91-103-92(112(126)119(111(91)125)95(61-69-25-13-9-14-26-69)115(129)139-77-33-17-11-18-34-77)66-98(136-84-51-43-80(44-52-84)132-88-38-22-30-72(60-88)58-76(122)6-2)106-108-100(138-86-55-47-82(48-56-86)134-90-40-24-32-74(64-90)118-102(124)8-4)68-94-104-93(113(127)120(114(94)128)96(62-70-27-15-10-16-28-70)116(130)140-78-35-19-12-20-36-78)67-99(107(110(104)108)105(97)109(103)106)137-85-53-45-81(46-54-85)133-89-39-23-31-73(63-89)117-101(123)7-3/h5-10,13-16,21-32,37-56,59-60,63-68,77-78,95-96H,1-4,11-12,17-20,33-36,57-58,61-62H2,(H,117,123)(H,118,124). The summed E-state index contributed by atoms with van der Waals surface area (Å²) in [5.41, 5.74) is 2.84. The Labute approximate surface area is 804 Å². The lowest BCUT2D eigenvalue weighted by atomic mass is 9.80. The average Bonchev–Trinajstić information content (AvgIpc) is 0.668. The van der Waals surface area contributed by atoms with Crippen LogP contribution in [-0.2, 0) is 63.9 Å². The predicted octanol–water partition coefficient (Wildman–Crippen LogP) is 25.1. The fourth-order valence-electron chi connectivity index (χ4n) is 18.5. The molecule has 4 aliphatic rings. The van der Waals surface area contributed by atoms with Crippen LogP contribution in [0.25, 0.3) is 43.1 Å². The van der Waals surface area contributed by atoms with Gasteiger partial charge in [-0.1, -0.05) is 136 Å². The molecule has 15 aromatic carbocycles. The number of rotatable bonds is 36. The summed E-state index contributed by atoms with van der Waals surface area (Å²) < 4.78 is 68.6. The molecule has 2 aliphatic heterocycles. The highest BCUT2D eigenvalue weighted by Gasteiger charge is 2.48. The molecular formula is C116H92N4O20. The molecule has 2 fully saturated rings. The zero-order chi connectivity index (χ0) is 96.6. The van der Waals surface area contributed by atoms with Gasteiger partial charge in [-0.05, 0) is 268 Å². The van der Waals surface area contributed by atoms with Crippen LogP contribution in [0.2, 0.25) is 0 Å². The summed E-state index contributed by atoms with van der Waals surface area (Å²) in [6, 6.07) is 74.6. The molecule has 15 aromatic rings. The number of fused-ring (bicyclic) bond motifs is 2. The van der Waals surface area contributed by atoms with Crippen LogP contribution in [-0.4, -0.2) is 93.0 Å². The summed E-state index contributed by atoms with van der Waals surface area (Å²) in [7, 11) is 0. The Balaban J connectivity index is 0.892. The highest BCUT2D eigenvalue weighted by Crippen LogP contribution is 2.59. The molecule has 2 N–H and O–H groups in total. The number of amides is 6. The van der Waals surface area contributed by atoms with Crippen molar-refractivity contribution in [2.75, 3.05) is 10.6 Å². The molecule has 24 nitrogen and oxygen atoms in total. The van der Waals surface area contributed by atoms with Crippen LogP contribution in [0.3, 0.4) is 0 Å². The third kappa shape index (κ3) is 19.8. The van der Waals surface area contributed by atoms with Crippen molar-refractivity contribution in [3.63, 3.8) is 0 Å². The first-order chi connectivity index (χ1) is 68.2. The SMILES string of the molecule is C=CC(=O)Cc1cccc(Oc2ccc(Oc3cc4c5c(cc(Oc6ccc(Oc7cccc(CC(=O)C=C)c7)cc6)c6c7c(Oc8ccc(Oc9cccc(NC(=O)C=C)c9)cc8)cc8c9c(cc(Oc%10ccc(Oc%11cccc(NC(=O)C=C)c%11)cc%10)c(c3c56)c97)C(=O)N(C(Cc3ccccc3)C(=O)OC3CCCCC3)C8=O)C(=O)N(C(Cc3ccccc3)C(=O)OC3CCCCC3)C4=O)cc2)c1. The quantitative estimate of drug-likeness (QED) is 0.0121. The Kier molecular flexibility index (Phi) is 26.5. The molecule has 19 rings (SSSR count). The molecule has 0 spiro atoms. The van der Waals surface area contributed by atoms with Crippen LogP contribution in [0.1, 0.15) is 128 Å². The molecule has 2 atom stereocenters. The lowest BCUT2D eigenvalue weighted by Crippen LogP contribution is -2.52. The minimum absolute atomic E-state index is 0.0268. The van der Waals surface area contributed by atoms with E-state index in [-0.39, 0.29) is 149 Å². The first-order valence-electron chi connectivity index (χ1n) is 46.2. The maximum atomic E-state index is 17.1. The average molecular weight is 1860 g/mol. The largest absolute Gasteiger partial charge is 0.461 e. The number of hydrogen-bond acceptors (Lipinski definition) is 20. The number of allylic oxidation sites excluding steroid dienone is 2. The van der Waals surface area contributed by atoms with E-state index in [4.69, 9.17) is 47.4 Å². The minimum Gasteiger partial charge on any atom is -0.461 e. The van der Waals surface area contributed by atoms with Crippen LogP contribution in [0.4, 0.5) is 11.4 Å². The molecule has 24 heteroatoms. The number of hydrogen-bond donors (Lipinski definition) is 2. The summed E-state index contributed by atoms with van der Waals surface area (Å²) in [6.07, 6.45) is 10.7. The van der Waals surface area contributed by atoms with Crippen LogP contribution < -0.4 is 48.5 Å². The number of anilines is 2. The zero-order valence-corrected chi connectivity index (χ0v) is 76.0. The summed E-state index contributed by atoms with van der Waals surface area (Å²) in [5, 5.41) is 6.15. The molecule has 0 saturated heterocycles. The lowest BCUT2D eigenvalue weighted by molar-refractivity contribution is -0.156. The van der Waals surface area contributed by atoms with Gasteiger partial charge in [0.1, 0.15) is 116 Å². The highest BCUT2D eigenvalue weighted by molar-refractivity contribution is 6.45. The summed E-state index contributed by atoms with van der Waals surface area (Å²) in [4.78, 5) is 152. The topological polar surface area (TPSA) is 294 Å². The van der Waals surface area contributed by atoms with Gasteiger partial charge in [0.15, 0.2) is 11.6 Å². The van der Waals surface area contributed by atoms with Crippen molar-refractivity contribution in [2.24, 2.45) is 0 Å². The van der Waals surface area contributed by atoms with Crippen molar-refractivity contribution in [3.8, 4) is 92.0 Å². The van der Waals surface area contributed by atoms with E-state index in [9.17, 15) is 19.2 Å². The van der Waals surface area contributed by atoms with E-state index < -0.39 is 71.7 Å². The molecule has 2 unspecified atom stereocenters. The van der Waals surface area contributed by atoms with Gasteiger partial charge >= 0.3 is 11.9 Å². The van der Waals surface area contributed by atoms with Gasteiger partial charge in [-0.15, -0.1) is 0 Å². The van der Waals surface area contributed by atoms with E-state index in [2.05, 4.69) is 36.9 Å². The molecule has 140 heavy (non-hydrogen) atoms. The zero-order valence-electron chi connectivity index (χ0n) is 76.0. The Morgan fingerprint density at radius 1 is 0.286 bits per heavy atom. The third-order valence-corrected chi connectivity index (χ3v) is 25.1.